The van der Waals surface area contributed by atoms with Crippen molar-refractivity contribution in [3.05, 3.63) is 95.5 Å². The predicted octanol–water partition coefficient (Wildman–Crippen LogP) is 6.31. The van der Waals surface area contributed by atoms with Gasteiger partial charge in [0.25, 0.3) is 0 Å². The fourth-order valence-corrected chi connectivity index (χ4v) is 4.06. The van der Waals surface area contributed by atoms with Gasteiger partial charge in [-0.3, -0.25) is 4.57 Å². The van der Waals surface area contributed by atoms with Crippen LogP contribution < -0.4 is 0 Å². The number of thioether (sulfide) groups is 1. The van der Waals surface area contributed by atoms with Gasteiger partial charge in [-0.2, -0.15) is 0 Å². The van der Waals surface area contributed by atoms with Crippen molar-refractivity contribution in [3.63, 3.8) is 0 Å². The van der Waals surface area contributed by atoms with Crippen LogP contribution in [0.15, 0.2) is 90.1 Å². The summed E-state index contributed by atoms with van der Waals surface area (Å²) in [5.74, 6) is 1.81. The molecule has 4 rings (SSSR count). The molecular formula is C23H20ClN3S. The van der Waals surface area contributed by atoms with E-state index in [0.29, 0.717) is 5.02 Å². The highest BCUT2D eigenvalue weighted by Gasteiger charge is 2.15. The van der Waals surface area contributed by atoms with Crippen molar-refractivity contribution >= 4 is 23.4 Å². The zero-order chi connectivity index (χ0) is 19.2. The molecule has 1 heterocycles. The number of aryl methyl sites for hydroxylation is 1. The molecule has 0 saturated carbocycles. The first kappa shape index (κ1) is 18.8. The van der Waals surface area contributed by atoms with Crippen molar-refractivity contribution in [1.29, 1.82) is 0 Å². The highest BCUT2D eigenvalue weighted by atomic mass is 35.5. The van der Waals surface area contributed by atoms with Crippen LogP contribution in [0.2, 0.25) is 5.02 Å². The second-order valence-corrected chi connectivity index (χ2v) is 7.92. The zero-order valence-corrected chi connectivity index (χ0v) is 16.9. The highest BCUT2D eigenvalue weighted by molar-refractivity contribution is 7.99. The van der Waals surface area contributed by atoms with Crippen LogP contribution >= 0.6 is 23.4 Å². The minimum absolute atomic E-state index is 0.713. The molecule has 3 nitrogen and oxygen atoms in total. The number of hydrogen-bond acceptors (Lipinski definition) is 3. The van der Waals surface area contributed by atoms with E-state index in [2.05, 4.69) is 57.2 Å². The highest BCUT2D eigenvalue weighted by Crippen LogP contribution is 2.29. The van der Waals surface area contributed by atoms with Gasteiger partial charge in [0, 0.05) is 22.0 Å². The van der Waals surface area contributed by atoms with E-state index in [4.69, 9.17) is 11.6 Å². The van der Waals surface area contributed by atoms with E-state index in [9.17, 15) is 0 Å². The molecule has 0 saturated heterocycles. The van der Waals surface area contributed by atoms with Crippen molar-refractivity contribution < 1.29 is 0 Å². The van der Waals surface area contributed by atoms with Gasteiger partial charge in [0.05, 0.1) is 0 Å². The lowest BCUT2D eigenvalue weighted by molar-refractivity contribution is 0.875. The van der Waals surface area contributed by atoms with E-state index in [-0.39, 0.29) is 0 Å². The standard InChI is InChI=1S/C23H20ClN3S/c24-20-15-13-19(14-16-20)22-25-26-23(27(22)21-11-5-2-6-12-21)28-17-7-10-18-8-3-1-4-9-18/h1-6,8-9,11-16H,7,10,17H2. The van der Waals surface area contributed by atoms with Crippen LogP contribution in [0.4, 0.5) is 0 Å². The van der Waals surface area contributed by atoms with Crippen LogP contribution in [-0.4, -0.2) is 20.5 Å². The molecule has 0 aliphatic rings. The Morgan fingerprint density at radius 2 is 1.46 bits per heavy atom. The summed E-state index contributed by atoms with van der Waals surface area (Å²) in [6, 6.07) is 28.6. The predicted molar refractivity (Wildman–Crippen MR) is 117 cm³/mol. The van der Waals surface area contributed by atoms with E-state index in [1.165, 1.54) is 5.56 Å². The molecule has 4 aromatic rings. The summed E-state index contributed by atoms with van der Waals surface area (Å²) < 4.78 is 2.12. The van der Waals surface area contributed by atoms with Crippen molar-refractivity contribution in [2.24, 2.45) is 0 Å². The maximum absolute atomic E-state index is 6.05. The first-order valence-electron chi connectivity index (χ1n) is 9.25. The van der Waals surface area contributed by atoms with Gasteiger partial charge in [0.15, 0.2) is 11.0 Å². The Balaban J connectivity index is 1.56. The first-order chi connectivity index (χ1) is 13.8. The largest absolute Gasteiger partial charge is 0.270 e. The third kappa shape index (κ3) is 4.46. The van der Waals surface area contributed by atoms with Crippen LogP contribution in [-0.2, 0) is 6.42 Å². The van der Waals surface area contributed by atoms with E-state index in [0.717, 1.165) is 40.8 Å². The van der Waals surface area contributed by atoms with Gasteiger partial charge in [-0.1, -0.05) is 71.9 Å². The maximum atomic E-state index is 6.05. The minimum Gasteiger partial charge on any atom is -0.270 e. The normalized spacial score (nSPS) is 10.9. The van der Waals surface area contributed by atoms with Crippen molar-refractivity contribution in [2.45, 2.75) is 18.0 Å². The molecular weight excluding hydrogens is 386 g/mol. The maximum Gasteiger partial charge on any atom is 0.196 e. The summed E-state index contributed by atoms with van der Waals surface area (Å²) >= 11 is 7.79. The molecule has 0 bridgehead atoms. The van der Waals surface area contributed by atoms with Crippen molar-refractivity contribution in [3.8, 4) is 17.1 Å². The van der Waals surface area contributed by atoms with Gasteiger partial charge in [-0.15, -0.1) is 10.2 Å². The molecule has 140 valence electrons. The Morgan fingerprint density at radius 1 is 0.786 bits per heavy atom. The summed E-state index contributed by atoms with van der Waals surface area (Å²) in [4.78, 5) is 0. The Morgan fingerprint density at radius 3 is 2.18 bits per heavy atom. The Labute approximate surface area is 174 Å². The number of nitrogens with zero attached hydrogens (tertiary/aromatic N) is 3. The molecule has 1 aromatic heterocycles. The number of aromatic nitrogens is 3. The quantitative estimate of drug-likeness (QED) is 0.266. The summed E-state index contributed by atoms with van der Waals surface area (Å²) in [7, 11) is 0. The molecule has 0 aliphatic carbocycles. The zero-order valence-electron chi connectivity index (χ0n) is 15.3. The van der Waals surface area contributed by atoms with Gasteiger partial charge in [0.2, 0.25) is 0 Å². The van der Waals surface area contributed by atoms with Gasteiger partial charge in [-0.25, -0.2) is 0 Å². The lowest BCUT2D eigenvalue weighted by Crippen LogP contribution is -2.00. The molecule has 0 spiro atoms. The smallest absolute Gasteiger partial charge is 0.196 e. The van der Waals surface area contributed by atoms with Crippen LogP contribution in [0, 0.1) is 0 Å². The van der Waals surface area contributed by atoms with Gasteiger partial charge in [0.1, 0.15) is 0 Å². The topological polar surface area (TPSA) is 30.7 Å². The third-order valence-electron chi connectivity index (χ3n) is 4.43. The molecule has 0 radical (unpaired) electrons. The average molecular weight is 406 g/mol. The lowest BCUT2D eigenvalue weighted by atomic mass is 10.1. The number of rotatable bonds is 7. The second kappa shape index (κ2) is 9.09. The lowest BCUT2D eigenvalue weighted by Gasteiger charge is -2.10. The summed E-state index contributed by atoms with van der Waals surface area (Å²) in [6.07, 6.45) is 2.16. The van der Waals surface area contributed by atoms with Crippen molar-refractivity contribution in [2.75, 3.05) is 5.75 Å². The number of benzene rings is 3. The molecule has 3 aromatic carbocycles. The van der Waals surface area contributed by atoms with E-state index in [1.807, 2.05) is 42.5 Å². The molecule has 0 atom stereocenters. The monoisotopic (exact) mass is 405 g/mol. The average Bonchev–Trinajstić information content (AvgIpc) is 3.17. The van der Waals surface area contributed by atoms with Gasteiger partial charge in [-0.05, 0) is 54.8 Å². The van der Waals surface area contributed by atoms with E-state index in [1.54, 1.807) is 11.8 Å². The van der Waals surface area contributed by atoms with Gasteiger partial charge >= 0.3 is 0 Å². The Hall–Kier alpha value is -2.56. The fraction of sp³-hybridized carbons (Fsp3) is 0.130. The van der Waals surface area contributed by atoms with Crippen molar-refractivity contribution in [1.82, 2.24) is 14.8 Å². The fourth-order valence-electron chi connectivity index (χ4n) is 3.04. The molecule has 5 heteroatoms. The summed E-state index contributed by atoms with van der Waals surface area (Å²) in [5.41, 5.74) is 3.43. The molecule has 0 unspecified atom stereocenters. The Kier molecular flexibility index (Phi) is 6.10. The van der Waals surface area contributed by atoms with E-state index < -0.39 is 0 Å². The number of para-hydroxylation sites is 1. The molecule has 0 fully saturated rings. The number of hydrogen-bond donors (Lipinski definition) is 0. The second-order valence-electron chi connectivity index (χ2n) is 6.42. The number of halogens is 1. The minimum atomic E-state index is 0.713. The summed E-state index contributed by atoms with van der Waals surface area (Å²) in [5, 5.41) is 10.6. The molecule has 0 amide bonds. The van der Waals surface area contributed by atoms with Crippen LogP contribution in [0.5, 0.6) is 0 Å². The molecule has 0 aliphatic heterocycles. The SMILES string of the molecule is Clc1ccc(-c2nnc(SCCCc3ccccc3)n2-c2ccccc2)cc1. The first-order valence-corrected chi connectivity index (χ1v) is 10.6. The van der Waals surface area contributed by atoms with Gasteiger partial charge < -0.3 is 0 Å². The summed E-state index contributed by atoms with van der Waals surface area (Å²) in [6.45, 7) is 0. The van der Waals surface area contributed by atoms with Crippen LogP contribution in [0.25, 0.3) is 17.1 Å². The van der Waals surface area contributed by atoms with Crippen LogP contribution in [0.1, 0.15) is 12.0 Å². The molecule has 28 heavy (non-hydrogen) atoms. The molecule has 0 N–H and O–H groups in total. The van der Waals surface area contributed by atoms with E-state index >= 15 is 0 Å². The third-order valence-corrected chi connectivity index (χ3v) is 5.70. The van der Waals surface area contributed by atoms with Crippen LogP contribution in [0.3, 0.4) is 0 Å². The Bertz CT molecular complexity index is 1010.